The molecular formula is C17H25N3O4. The van der Waals surface area contributed by atoms with Gasteiger partial charge in [0.2, 0.25) is 0 Å². The van der Waals surface area contributed by atoms with Gasteiger partial charge in [-0.2, -0.15) is 0 Å². The van der Waals surface area contributed by atoms with Crippen LogP contribution in [0.3, 0.4) is 0 Å². The Morgan fingerprint density at radius 3 is 2.79 bits per heavy atom. The molecule has 7 nitrogen and oxygen atoms in total. The summed E-state index contributed by atoms with van der Waals surface area (Å²) in [4.78, 5) is 24.4. The summed E-state index contributed by atoms with van der Waals surface area (Å²) in [5, 5.41) is 15.7. The molecule has 4 rings (SSSR count). The van der Waals surface area contributed by atoms with Crippen molar-refractivity contribution in [2.75, 3.05) is 6.54 Å². The van der Waals surface area contributed by atoms with Crippen molar-refractivity contribution < 1.29 is 19.4 Å². The first-order valence-electron chi connectivity index (χ1n) is 8.90. The molecule has 5 N–H and O–H groups in total. The van der Waals surface area contributed by atoms with E-state index in [1.165, 1.54) is 12.0 Å². The fourth-order valence-electron chi connectivity index (χ4n) is 4.72. The molecule has 3 fully saturated rings. The van der Waals surface area contributed by atoms with Crippen LogP contribution in [0.25, 0.3) is 0 Å². The summed E-state index contributed by atoms with van der Waals surface area (Å²) in [7, 11) is 0. The Kier molecular flexibility index (Phi) is 4.20. The highest BCUT2D eigenvalue weighted by atomic mass is 16.5. The lowest BCUT2D eigenvalue weighted by Gasteiger charge is -2.49. The first-order chi connectivity index (χ1) is 11.5. The smallest absolute Gasteiger partial charge is 0.309 e. The van der Waals surface area contributed by atoms with Crippen LogP contribution in [0.2, 0.25) is 0 Å². The van der Waals surface area contributed by atoms with Gasteiger partial charge in [-0.3, -0.25) is 20.2 Å². The highest BCUT2D eigenvalue weighted by molar-refractivity contribution is 5.86. The van der Waals surface area contributed by atoms with Crippen LogP contribution in [0.5, 0.6) is 0 Å². The normalized spacial score (nSPS) is 45.3. The molecule has 3 heterocycles. The third-order valence-corrected chi connectivity index (χ3v) is 6.07. The summed E-state index contributed by atoms with van der Waals surface area (Å²) in [6.45, 7) is 0.835. The SMILES string of the molecule is NC1NC2OC3NCC(C4=CCCC4)CC3C(=O)C2CC1C(=O)O. The van der Waals surface area contributed by atoms with Gasteiger partial charge in [-0.15, -0.1) is 0 Å². The molecule has 24 heavy (non-hydrogen) atoms. The average Bonchev–Trinajstić information content (AvgIpc) is 3.08. The van der Waals surface area contributed by atoms with Crippen LogP contribution in [0, 0.1) is 23.7 Å². The molecule has 0 spiro atoms. The molecule has 0 aromatic carbocycles. The van der Waals surface area contributed by atoms with Crippen molar-refractivity contribution >= 4 is 11.8 Å². The van der Waals surface area contributed by atoms with E-state index in [9.17, 15) is 14.7 Å². The number of piperidine rings is 2. The molecule has 0 bridgehead atoms. The van der Waals surface area contributed by atoms with Crippen molar-refractivity contribution in [3.8, 4) is 0 Å². The maximum Gasteiger partial charge on any atom is 0.309 e. The summed E-state index contributed by atoms with van der Waals surface area (Å²) in [6.07, 6.45) is 5.37. The number of aliphatic carboxylic acids is 1. The van der Waals surface area contributed by atoms with Crippen LogP contribution in [0.15, 0.2) is 11.6 Å². The van der Waals surface area contributed by atoms with Gasteiger partial charge in [0, 0.05) is 6.54 Å². The number of rotatable bonds is 2. The lowest BCUT2D eigenvalue weighted by Crippen LogP contribution is -2.67. The first kappa shape index (κ1) is 16.2. The number of carbonyl (C=O) groups excluding carboxylic acids is 1. The van der Waals surface area contributed by atoms with Gasteiger partial charge < -0.3 is 15.6 Å². The van der Waals surface area contributed by atoms with Gasteiger partial charge in [0.15, 0.2) is 0 Å². The number of fused-ring (bicyclic) bond motifs is 2. The number of carbonyl (C=O) groups is 2. The third kappa shape index (κ3) is 2.69. The lowest BCUT2D eigenvalue weighted by molar-refractivity contribution is -0.187. The number of ether oxygens (including phenoxy) is 1. The molecule has 7 unspecified atom stereocenters. The molecule has 0 aromatic heterocycles. The summed E-state index contributed by atoms with van der Waals surface area (Å²) in [5.41, 5.74) is 7.36. The summed E-state index contributed by atoms with van der Waals surface area (Å²) >= 11 is 0. The van der Waals surface area contributed by atoms with Crippen molar-refractivity contribution in [1.82, 2.24) is 10.6 Å². The van der Waals surface area contributed by atoms with Crippen LogP contribution >= 0.6 is 0 Å². The minimum absolute atomic E-state index is 0.123. The Morgan fingerprint density at radius 2 is 2.08 bits per heavy atom. The first-order valence-corrected chi connectivity index (χ1v) is 8.90. The quantitative estimate of drug-likeness (QED) is 0.532. The van der Waals surface area contributed by atoms with Crippen LogP contribution in [0.1, 0.15) is 32.1 Å². The van der Waals surface area contributed by atoms with E-state index in [0.717, 1.165) is 25.8 Å². The number of hydrogen-bond acceptors (Lipinski definition) is 6. The topological polar surface area (TPSA) is 114 Å². The fraction of sp³-hybridized carbons (Fsp3) is 0.765. The second-order valence-electron chi connectivity index (χ2n) is 7.48. The van der Waals surface area contributed by atoms with Crippen LogP contribution < -0.4 is 16.4 Å². The molecule has 0 aromatic rings. The van der Waals surface area contributed by atoms with Gasteiger partial charge in [0.05, 0.1) is 23.9 Å². The highest BCUT2D eigenvalue weighted by Crippen LogP contribution is 2.40. The zero-order valence-corrected chi connectivity index (χ0v) is 13.6. The molecule has 0 saturated carbocycles. The van der Waals surface area contributed by atoms with Crippen molar-refractivity contribution in [3.05, 3.63) is 11.6 Å². The minimum atomic E-state index is -0.959. The Morgan fingerprint density at radius 1 is 1.29 bits per heavy atom. The second kappa shape index (κ2) is 6.22. The Bertz CT molecular complexity index is 578. The molecule has 4 aliphatic rings. The summed E-state index contributed by atoms with van der Waals surface area (Å²) in [5.74, 6) is -1.81. The number of nitrogens with two attached hydrogens (primary N) is 1. The van der Waals surface area contributed by atoms with E-state index in [1.807, 2.05) is 0 Å². The van der Waals surface area contributed by atoms with Gasteiger partial charge in [-0.25, -0.2) is 0 Å². The van der Waals surface area contributed by atoms with E-state index in [-0.39, 0.29) is 24.3 Å². The van der Waals surface area contributed by atoms with Gasteiger partial charge in [0.1, 0.15) is 18.2 Å². The lowest BCUT2D eigenvalue weighted by atomic mass is 9.73. The summed E-state index contributed by atoms with van der Waals surface area (Å²) in [6, 6.07) is 0. The molecule has 7 atom stereocenters. The van der Waals surface area contributed by atoms with E-state index in [0.29, 0.717) is 5.92 Å². The maximum atomic E-state index is 13.0. The number of allylic oxidation sites excluding steroid dienone is 1. The second-order valence-corrected chi connectivity index (χ2v) is 7.48. The Labute approximate surface area is 141 Å². The number of nitrogens with one attached hydrogen (secondary N) is 2. The molecule has 132 valence electrons. The molecule has 0 radical (unpaired) electrons. The van der Waals surface area contributed by atoms with E-state index >= 15 is 0 Å². The largest absolute Gasteiger partial charge is 0.481 e. The third-order valence-electron chi connectivity index (χ3n) is 6.07. The standard InChI is InChI=1S/C17H25N3O4/c18-14-12(17(22)23)6-11-13(21)10-5-9(8-3-1-2-4-8)7-19-15(10)24-16(11)20-14/h3,9-12,14-16,19-20H,1-2,4-7,18H2,(H,22,23). The van der Waals surface area contributed by atoms with Crippen molar-refractivity contribution in [2.45, 2.75) is 50.7 Å². The number of carboxylic acids is 1. The maximum absolute atomic E-state index is 13.0. The molecule has 3 aliphatic heterocycles. The van der Waals surface area contributed by atoms with E-state index in [1.54, 1.807) is 0 Å². The average molecular weight is 335 g/mol. The zero-order chi connectivity index (χ0) is 16.8. The van der Waals surface area contributed by atoms with E-state index < -0.39 is 30.2 Å². The van der Waals surface area contributed by atoms with E-state index in [4.69, 9.17) is 10.5 Å². The zero-order valence-electron chi connectivity index (χ0n) is 13.6. The molecule has 0 amide bonds. The molecule has 3 saturated heterocycles. The van der Waals surface area contributed by atoms with Gasteiger partial charge in [0.25, 0.3) is 0 Å². The number of carboxylic acid groups (broad SMARTS) is 1. The van der Waals surface area contributed by atoms with Crippen molar-refractivity contribution in [2.24, 2.45) is 29.4 Å². The van der Waals surface area contributed by atoms with Gasteiger partial charge in [-0.1, -0.05) is 11.6 Å². The molecular weight excluding hydrogens is 310 g/mol. The van der Waals surface area contributed by atoms with Gasteiger partial charge >= 0.3 is 5.97 Å². The Hall–Kier alpha value is -1.28. The van der Waals surface area contributed by atoms with Crippen molar-refractivity contribution in [1.29, 1.82) is 0 Å². The fourth-order valence-corrected chi connectivity index (χ4v) is 4.72. The van der Waals surface area contributed by atoms with E-state index in [2.05, 4.69) is 16.7 Å². The van der Waals surface area contributed by atoms with Gasteiger partial charge in [-0.05, 0) is 38.0 Å². The van der Waals surface area contributed by atoms with Crippen LogP contribution in [0.4, 0.5) is 0 Å². The number of ketones is 1. The van der Waals surface area contributed by atoms with Crippen LogP contribution in [-0.4, -0.2) is 42.0 Å². The van der Waals surface area contributed by atoms with Crippen molar-refractivity contribution in [3.63, 3.8) is 0 Å². The monoisotopic (exact) mass is 335 g/mol. The predicted octanol–water partition coefficient (Wildman–Crippen LogP) is 0.169. The summed E-state index contributed by atoms with van der Waals surface area (Å²) < 4.78 is 6.04. The number of hydrogen-bond donors (Lipinski definition) is 4. The minimum Gasteiger partial charge on any atom is -0.481 e. The highest BCUT2D eigenvalue weighted by Gasteiger charge is 2.52. The molecule has 1 aliphatic carbocycles. The van der Waals surface area contributed by atoms with Crippen LogP contribution in [-0.2, 0) is 14.3 Å². The molecule has 7 heteroatoms. The Balaban J connectivity index is 1.50. The predicted molar refractivity (Wildman–Crippen MR) is 85.5 cm³/mol. The number of Topliss-reactive ketones (excluding diaryl/α,β-unsaturated/α-hetero) is 1.